The molecule has 3 rings (SSSR count). The number of aromatic nitrogens is 3. The monoisotopic (exact) mass is 319 g/mol. The van der Waals surface area contributed by atoms with E-state index in [0.29, 0.717) is 27.7 Å². The first kappa shape index (κ1) is 15.7. The topological polar surface area (TPSA) is 50.8 Å². The molecule has 0 saturated carbocycles. The van der Waals surface area contributed by atoms with E-state index in [1.165, 1.54) is 0 Å². The summed E-state index contributed by atoms with van der Waals surface area (Å²) in [5, 5.41) is 5.93. The lowest BCUT2D eigenvalue weighted by Gasteiger charge is -2.25. The fourth-order valence-corrected chi connectivity index (χ4v) is 2.50. The Morgan fingerprint density at radius 1 is 1.22 bits per heavy atom. The fourth-order valence-electron chi connectivity index (χ4n) is 2.31. The van der Waals surface area contributed by atoms with E-state index in [-0.39, 0.29) is 0 Å². The number of benzene rings is 1. The first-order valence-corrected chi connectivity index (χ1v) is 7.28. The Bertz CT molecular complexity index is 822. The van der Waals surface area contributed by atoms with Gasteiger partial charge in [0.15, 0.2) is 0 Å². The first-order chi connectivity index (χ1) is 11.0. The number of nitrogens with one attached hydrogen (secondary N) is 1. The van der Waals surface area contributed by atoms with Crippen LogP contribution in [0.15, 0.2) is 48.8 Å². The molecule has 1 N–H and O–H groups in total. The molecule has 0 aliphatic heterocycles. The van der Waals surface area contributed by atoms with E-state index in [4.69, 9.17) is 32.0 Å². The summed E-state index contributed by atoms with van der Waals surface area (Å²) in [6, 6.07) is 10.9. The van der Waals surface area contributed by atoms with E-state index in [1.54, 1.807) is 37.7 Å². The van der Waals surface area contributed by atoms with Gasteiger partial charge in [0.05, 0.1) is 29.0 Å². The summed E-state index contributed by atoms with van der Waals surface area (Å²) in [4.78, 5) is 4.61. The minimum absolute atomic E-state index is 0.495. The number of aromatic amines is 1. The highest BCUT2D eigenvalue weighted by Gasteiger charge is 2.26. The minimum Gasteiger partial charge on any atom is -0.494 e. The van der Waals surface area contributed by atoms with Gasteiger partial charge in [0, 0.05) is 22.5 Å². The van der Waals surface area contributed by atoms with Crippen LogP contribution in [-0.4, -0.2) is 38.0 Å². The molecule has 1 aromatic carbocycles. The van der Waals surface area contributed by atoms with Crippen LogP contribution in [0.1, 0.15) is 11.3 Å². The van der Waals surface area contributed by atoms with Gasteiger partial charge in [-0.2, -0.15) is 5.10 Å². The zero-order valence-corrected chi connectivity index (χ0v) is 13.2. The second kappa shape index (κ2) is 6.13. The minimum atomic E-state index is -1.27. The van der Waals surface area contributed by atoms with E-state index in [9.17, 15) is 0 Å². The van der Waals surface area contributed by atoms with Gasteiger partial charge in [-0.15, -0.1) is 0 Å². The third-order valence-electron chi connectivity index (χ3n) is 3.58. The Labute approximate surface area is 142 Å². The quantitative estimate of drug-likeness (QED) is 0.752. The highest BCUT2D eigenvalue weighted by molar-refractivity contribution is 6.42. The van der Waals surface area contributed by atoms with Crippen molar-refractivity contribution in [1.29, 1.82) is 0 Å². The predicted molar refractivity (Wildman–Crippen MR) is 92.1 cm³/mol. The number of methoxy groups -OCH3 is 1. The molecule has 3 aromatic rings. The van der Waals surface area contributed by atoms with Crippen LogP contribution in [0.4, 0.5) is 0 Å². The average Bonchev–Trinajstić information content (AvgIpc) is 3.09. The maximum atomic E-state index is 6.26. The molecule has 4 nitrogen and oxygen atoms in total. The molecule has 0 aliphatic carbocycles. The van der Waals surface area contributed by atoms with Gasteiger partial charge in [0.25, 0.3) is 0 Å². The Morgan fingerprint density at radius 2 is 2.04 bits per heavy atom. The molecule has 0 fully saturated rings. The number of rotatable bonds is 4. The standard InChI is InChI=1S/C16H12B2ClN3O/c1-23-13-5-6-14(16(17,18)11-8-20-21-9-11)22-15(13)10-3-2-4-12(19)7-10/h2-9H,1H3,(H,20,21). The maximum Gasteiger partial charge on any atom is 0.145 e. The number of ether oxygens (including phenoxy) is 1. The molecule has 0 bridgehead atoms. The molecule has 110 valence electrons. The first-order valence-electron chi connectivity index (χ1n) is 6.91. The van der Waals surface area contributed by atoms with Crippen LogP contribution in [0, 0.1) is 0 Å². The van der Waals surface area contributed by atoms with Gasteiger partial charge >= 0.3 is 0 Å². The largest absolute Gasteiger partial charge is 0.494 e. The van der Waals surface area contributed by atoms with Crippen molar-refractivity contribution in [2.24, 2.45) is 0 Å². The van der Waals surface area contributed by atoms with E-state index in [1.807, 2.05) is 18.2 Å². The van der Waals surface area contributed by atoms with E-state index in [2.05, 4.69) is 15.2 Å². The summed E-state index contributed by atoms with van der Waals surface area (Å²) in [7, 11) is 14.1. The van der Waals surface area contributed by atoms with Gasteiger partial charge in [-0.25, -0.2) is 4.98 Å². The number of pyridine rings is 1. The molecule has 0 spiro atoms. The van der Waals surface area contributed by atoms with Gasteiger partial charge < -0.3 is 4.74 Å². The van der Waals surface area contributed by atoms with Crippen molar-refractivity contribution in [3.05, 3.63) is 65.1 Å². The van der Waals surface area contributed by atoms with Crippen LogP contribution < -0.4 is 4.74 Å². The molecule has 0 unspecified atom stereocenters. The van der Waals surface area contributed by atoms with Crippen molar-refractivity contribution >= 4 is 27.3 Å². The van der Waals surface area contributed by atoms with Crippen molar-refractivity contribution in [2.75, 3.05) is 7.11 Å². The SMILES string of the molecule is [B]C([B])(c1cn[nH]c1)c1ccc(OC)c(-c2cccc(Cl)c2)n1. The average molecular weight is 319 g/mol. The Kier molecular flexibility index (Phi) is 4.18. The predicted octanol–water partition coefficient (Wildman–Crippen LogP) is 2.67. The Hall–Kier alpha value is -2.20. The molecular formula is C16H12B2ClN3O. The van der Waals surface area contributed by atoms with E-state index < -0.39 is 5.21 Å². The lowest BCUT2D eigenvalue weighted by Crippen LogP contribution is -2.29. The molecule has 7 heteroatoms. The fraction of sp³-hybridized carbons (Fsp3) is 0.125. The van der Waals surface area contributed by atoms with Crippen molar-refractivity contribution in [2.45, 2.75) is 5.21 Å². The van der Waals surface area contributed by atoms with Gasteiger partial charge in [-0.3, -0.25) is 5.10 Å². The van der Waals surface area contributed by atoms with Crippen LogP contribution in [-0.2, 0) is 5.21 Å². The van der Waals surface area contributed by atoms with Crippen LogP contribution >= 0.6 is 11.6 Å². The van der Waals surface area contributed by atoms with Crippen LogP contribution in [0.3, 0.4) is 0 Å². The second-order valence-corrected chi connectivity index (χ2v) is 5.55. The summed E-state index contributed by atoms with van der Waals surface area (Å²) in [6.07, 6.45) is 3.22. The summed E-state index contributed by atoms with van der Waals surface area (Å²) in [6.45, 7) is 0. The Balaban J connectivity index is 2.13. The second-order valence-electron chi connectivity index (χ2n) is 5.11. The number of halogens is 1. The molecule has 23 heavy (non-hydrogen) atoms. The molecule has 4 radical (unpaired) electrons. The van der Waals surface area contributed by atoms with Gasteiger partial charge in [0.1, 0.15) is 11.4 Å². The van der Waals surface area contributed by atoms with Crippen LogP contribution in [0.2, 0.25) is 5.02 Å². The molecule has 2 aromatic heterocycles. The number of nitrogens with zero attached hydrogens (tertiary/aromatic N) is 2. The summed E-state index contributed by atoms with van der Waals surface area (Å²) in [5.41, 5.74) is 2.57. The molecule has 0 atom stereocenters. The van der Waals surface area contributed by atoms with Gasteiger partial charge in [-0.1, -0.05) is 23.7 Å². The van der Waals surface area contributed by atoms with Crippen molar-refractivity contribution < 1.29 is 4.74 Å². The Morgan fingerprint density at radius 3 is 2.70 bits per heavy atom. The highest BCUT2D eigenvalue weighted by atomic mass is 35.5. The van der Waals surface area contributed by atoms with Crippen molar-refractivity contribution in [3.63, 3.8) is 0 Å². The normalized spacial score (nSPS) is 11.4. The number of hydrogen-bond acceptors (Lipinski definition) is 3. The highest BCUT2D eigenvalue weighted by Crippen LogP contribution is 2.33. The molecule has 2 heterocycles. The molecule has 0 aliphatic rings. The molecular weight excluding hydrogens is 307 g/mol. The third kappa shape index (κ3) is 2.99. The maximum absolute atomic E-state index is 6.26. The summed E-state index contributed by atoms with van der Waals surface area (Å²) in [5.74, 6) is 0.610. The smallest absolute Gasteiger partial charge is 0.145 e. The zero-order chi connectivity index (χ0) is 16.4. The molecule has 0 saturated heterocycles. The van der Waals surface area contributed by atoms with Gasteiger partial charge in [-0.05, 0) is 35.0 Å². The van der Waals surface area contributed by atoms with Crippen LogP contribution in [0.5, 0.6) is 5.75 Å². The van der Waals surface area contributed by atoms with Crippen molar-refractivity contribution in [3.8, 4) is 17.0 Å². The number of hydrogen-bond donors (Lipinski definition) is 1. The van der Waals surface area contributed by atoms with Crippen LogP contribution in [0.25, 0.3) is 11.3 Å². The third-order valence-corrected chi connectivity index (χ3v) is 3.81. The zero-order valence-electron chi connectivity index (χ0n) is 12.5. The van der Waals surface area contributed by atoms with Gasteiger partial charge in [0.2, 0.25) is 0 Å². The molecule has 0 amide bonds. The van der Waals surface area contributed by atoms with E-state index >= 15 is 0 Å². The van der Waals surface area contributed by atoms with E-state index in [0.717, 1.165) is 5.56 Å². The summed E-state index contributed by atoms with van der Waals surface area (Å²) < 4.78 is 5.39. The summed E-state index contributed by atoms with van der Waals surface area (Å²) >= 11 is 6.07. The lowest BCUT2D eigenvalue weighted by molar-refractivity contribution is 0.414. The number of H-pyrrole nitrogens is 1. The van der Waals surface area contributed by atoms with Crippen molar-refractivity contribution in [1.82, 2.24) is 15.2 Å². The lowest BCUT2D eigenvalue weighted by atomic mass is 9.50.